The van der Waals surface area contributed by atoms with Gasteiger partial charge in [0.15, 0.2) is 5.75 Å². The Balaban J connectivity index is 0.960. The summed E-state index contributed by atoms with van der Waals surface area (Å²) in [5.41, 5.74) is 4.60. The Morgan fingerprint density at radius 3 is 2.42 bits per heavy atom. The van der Waals surface area contributed by atoms with E-state index < -0.39 is 18.2 Å². The topological polar surface area (TPSA) is 160 Å². The second-order valence-corrected chi connectivity index (χ2v) is 20.8. The van der Waals surface area contributed by atoms with Gasteiger partial charge >= 0.3 is 5.97 Å². The fourth-order valence-electron chi connectivity index (χ4n) is 10.1. The second kappa shape index (κ2) is 21.5. The first-order valence-corrected chi connectivity index (χ1v) is 25.9. The molecule has 2 aromatic carbocycles. The van der Waals surface area contributed by atoms with Gasteiger partial charge < -0.3 is 43.2 Å². The average molecular weight is 1000 g/mol. The summed E-state index contributed by atoms with van der Waals surface area (Å²) < 4.78 is 44.0. The molecule has 4 fully saturated rings. The van der Waals surface area contributed by atoms with Crippen LogP contribution in [0.25, 0.3) is 21.3 Å². The van der Waals surface area contributed by atoms with Gasteiger partial charge in [-0.1, -0.05) is 29.6 Å². The monoisotopic (exact) mass is 1000 g/mol. The van der Waals surface area contributed by atoms with Gasteiger partial charge in [0.25, 0.3) is 0 Å². The molecular weight excluding hydrogens is 944 g/mol. The Morgan fingerprint density at radius 2 is 1.70 bits per heavy atom. The van der Waals surface area contributed by atoms with Gasteiger partial charge in [0.05, 0.1) is 53.7 Å². The van der Waals surface area contributed by atoms with Crippen LogP contribution in [0.2, 0.25) is 10.0 Å². The van der Waals surface area contributed by atoms with Crippen molar-refractivity contribution in [3.63, 3.8) is 0 Å². The van der Waals surface area contributed by atoms with E-state index in [1.54, 1.807) is 17.5 Å². The molecule has 2 saturated heterocycles. The number of hydrogen-bond acceptors (Lipinski definition) is 15. The van der Waals surface area contributed by atoms with Crippen LogP contribution in [0.5, 0.6) is 23.1 Å². The van der Waals surface area contributed by atoms with Crippen molar-refractivity contribution in [3.05, 3.63) is 79.9 Å². The first kappa shape index (κ1) is 48.2. The minimum atomic E-state index is -1.37. The number of carboxylic acids is 1. The number of piperazine rings is 1. The Morgan fingerprint density at radius 1 is 0.899 bits per heavy atom. The van der Waals surface area contributed by atoms with Crippen molar-refractivity contribution in [2.45, 2.75) is 108 Å². The minimum Gasteiger partial charge on any atom is -0.490 e. The summed E-state index contributed by atoms with van der Waals surface area (Å²) in [4.78, 5) is 38.9. The summed E-state index contributed by atoms with van der Waals surface area (Å²) in [6.45, 7) is 10.8. The van der Waals surface area contributed by atoms with Crippen molar-refractivity contribution >= 4 is 50.7 Å². The zero-order valence-corrected chi connectivity index (χ0v) is 41.8. The molecule has 69 heavy (non-hydrogen) atoms. The molecule has 3 aromatic heterocycles. The average Bonchev–Trinajstić information content (AvgIpc) is 3.71. The van der Waals surface area contributed by atoms with Crippen LogP contribution >= 0.6 is 34.5 Å². The maximum absolute atomic E-state index is 13.4. The summed E-state index contributed by atoms with van der Waals surface area (Å²) in [6.07, 6.45) is 8.30. The highest BCUT2D eigenvalue weighted by atomic mass is 35.5. The van der Waals surface area contributed by atoms with Crippen LogP contribution in [0.4, 0.5) is 0 Å². The molecule has 6 aliphatic rings. The maximum atomic E-state index is 13.4. The van der Waals surface area contributed by atoms with Crippen LogP contribution in [0.15, 0.2) is 36.8 Å². The van der Waals surface area contributed by atoms with Crippen molar-refractivity contribution in [2.24, 2.45) is 0 Å². The van der Waals surface area contributed by atoms with E-state index in [0.29, 0.717) is 87.7 Å². The maximum Gasteiger partial charge on any atom is 0.345 e. The Bertz CT molecular complexity index is 2600. The molecule has 1 N–H and O–H groups in total. The number of thiophene rings is 1. The van der Waals surface area contributed by atoms with Gasteiger partial charge in [-0.15, -0.1) is 11.3 Å². The summed E-state index contributed by atoms with van der Waals surface area (Å²) in [5, 5.41) is 12.4. The number of hydrogen-bond donors (Lipinski definition) is 1. The molecular formula is C51H60Cl2N6O9S. The van der Waals surface area contributed by atoms with Gasteiger partial charge in [-0.2, -0.15) is 0 Å². The SMILES string of the molecule is Cc1c(Cl)c2c(Cl)c(C)c1-c1c(C3CCC3)sc3ncnc(c13)O[C@@H](C(=O)O)Cc1cc(ccc1OCc1ccnc([C@H]3CC[C@H](OC[C@H]4COCCO4)CC3)n1)OC[C@@H](CN1CCN(C)CC1)O2. The highest BCUT2D eigenvalue weighted by Crippen LogP contribution is 2.54. The first-order valence-electron chi connectivity index (χ1n) is 24.3. The van der Waals surface area contributed by atoms with Gasteiger partial charge in [0.2, 0.25) is 12.0 Å². The summed E-state index contributed by atoms with van der Waals surface area (Å²) in [6, 6.07) is 7.31. The molecule has 15 nitrogen and oxygen atoms in total. The van der Waals surface area contributed by atoms with Crippen LogP contribution in [0.3, 0.4) is 0 Å². The van der Waals surface area contributed by atoms with Crippen LogP contribution in [0, 0.1) is 13.8 Å². The molecule has 0 spiro atoms. The normalized spacial score (nSPS) is 23.9. The van der Waals surface area contributed by atoms with Crippen molar-refractivity contribution in [1.82, 2.24) is 29.7 Å². The van der Waals surface area contributed by atoms with E-state index in [0.717, 1.165) is 104 Å². The van der Waals surface area contributed by atoms with E-state index in [9.17, 15) is 9.90 Å². The highest BCUT2D eigenvalue weighted by Gasteiger charge is 2.35. The van der Waals surface area contributed by atoms with Gasteiger partial charge in [-0.05, 0) is 106 Å². The Hall–Kier alpha value is -4.39. The third-order valence-corrected chi connectivity index (χ3v) is 16.5. The predicted octanol–water partition coefficient (Wildman–Crippen LogP) is 8.84. The molecule has 2 aliphatic carbocycles. The van der Waals surface area contributed by atoms with Crippen molar-refractivity contribution < 1.29 is 43.1 Å². The molecule has 0 amide bonds. The molecule has 368 valence electrons. The lowest BCUT2D eigenvalue weighted by molar-refractivity contribution is -0.145. The molecule has 4 aliphatic heterocycles. The first-order chi connectivity index (χ1) is 33.6. The van der Waals surface area contributed by atoms with E-state index in [1.807, 2.05) is 38.1 Å². The van der Waals surface area contributed by atoms with E-state index in [2.05, 4.69) is 26.8 Å². The van der Waals surface area contributed by atoms with Crippen LogP contribution < -0.4 is 18.9 Å². The van der Waals surface area contributed by atoms with Crippen LogP contribution in [-0.2, 0) is 32.0 Å². The number of halogens is 2. The molecule has 7 heterocycles. The number of aliphatic carboxylic acids is 1. The standard InChI is InChI=1S/C51H60Cl2N6O9S/c1-29-41-30(2)45(53)46(44(29)52)67-37(23-59-17-15-58(3)16-18-59)26-65-36-11-12-39(66-24-34-13-14-54-48(57-34)32-7-9-35(10-8-32)64-27-38-25-62-19-20-63-38)33(21-36)22-40(51(60)61)68-49-43-42(41)47(31-5-4-6-31)69-50(43)56-28-55-49/h11-14,21,28,31-32,35,37-38,40H,4-10,15-20,22-27H2,1-3H3,(H,60,61)/t32-,35-,37-,38-,40-/m1/s1. The molecule has 3 atom stereocenters. The molecule has 5 aromatic rings. The summed E-state index contributed by atoms with van der Waals surface area (Å²) in [5.74, 6) is 1.68. The molecule has 0 radical (unpaired) electrons. The third-order valence-electron chi connectivity index (χ3n) is 14.3. The van der Waals surface area contributed by atoms with Gasteiger partial charge in [0.1, 0.15) is 53.9 Å². The van der Waals surface area contributed by atoms with Gasteiger partial charge in [0, 0.05) is 67.3 Å². The lowest BCUT2D eigenvalue weighted by atomic mass is 9.80. The molecule has 0 unspecified atom stereocenters. The fourth-order valence-corrected chi connectivity index (χ4v) is 11.9. The van der Waals surface area contributed by atoms with E-state index >= 15 is 0 Å². The van der Waals surface area contributed by atoms with E-state index in [-0.39, 0.29) is 43.6 Å². The zero-order valence-electron chi connectivity index (χ0n) is 39.4. The number of nitrogens with zero attached hydrogens (tertiary/aromatic N) is 6. The second-order valence-electron chi connectivity index (χ2n) is 19.1. The highest BCUT2D eigenvalue weighted by molar-refractivity contribution is 7.19. The molecule has 11 rings (SSSR count). The minimum absolute atomic E-state index is 0.0112. The number of fused-ring (bicyclic) bond motifs is 7. The molecule has 2 saturated carbocycles. The summed E-state index contributed by atoms with van der Waals surface area (Å²) in [7, 11) is 2.13. The molecule has 18 heteroatoms. The number of carboxylic acid groups (broad SMARTS) is 1. The summed E-state index contributed by atoms with van der Waals surface area (Å²) >= 11 is 16.3. The number of carbonyl (C=O) groups is 1. The third kappa shape index (κ3) is 10.8. The quantitative estimate of drug-likeness (QED) is 0.134. The Kier molecular flexibility index (Phi) is 15.1. The lowest BCUT2D eigenvalue weighted by Gasteiger charge is -2.35. The van der Waals surface area contributed by atoms with Crippen molar-refractivity contribution in [1.29, 1.82) is 0 Å². The number of aromatic nitrogens is 4. The number of ether oxygens (including phenoxy) is 7. The number of rotatable bonds is 11. The predicted molar refractivity (Wildman–Crippen MR) is 263 cm³/mol. The number of likely N-dealkylation sites (N-methyl/N-ethyl adjacent to an activating group) is 1. The van der Waals surface area contributed by atoms with Gasteiger partial charge in [-0.25, -0.2) is 24.7 Å². The fraction of sp³-hybridized carbons (Fsp3) is 0.549. The van der Waals surface area contributed by atoms with Crippen molar-refractivity contribution in [3.8, 4) is 34.3 Å². The largest absolute Gasteiger partial charge is 0.490 e. The molecule has 4 bridgehead atoms. The van der Waals surface area contributed by atoms with Crippen LogP contribution in [-0.4, -0.2) is 138 Å². The van der Waals surface area contributed by atoms with E-state index in [4.69, 9.17) is 66.3 Å². The van der Waals surface area contributed by atoms with Gasteiger partial charge in [-0.3, -0.25) is 4.90 Å². The lowest BCUT2D eigenvalue weighted by Crippen LogP contribution is -2.49. The van der Waals surface area contributed by atoms with E-state index in [1.165, 1.54) is 6.33 Å². The number of benzene rings is 2. The smallest absolute Gasteiger partial charge is 0.345 e. The van der Waals surface area contributed by atoms with Crippen LogP contribution in [0.1, 0.15) is 89.9 Å². The zero-order chi connectivity index (χ0) is 47.6. The van der Waals surface area contributed by atoms with Crippen molar-refractivity contribution in [2.75, 3.05) is 72.8 Å². The Labute approximate surface area is 416 Å².